The van der Waals surface area contributed by atoms with Crippen LogP contribution in [-0.4, -0.2) is 12.5 Å². The lowest BCUT2D eigenvalue weighted by Gasteiger charge is -2.21. The van der Waals surface area contributed by atoms with Gasteiger partial charge in [0, 0.05) is 5.92 Å². The van der Waals surface area contributed by atoms with E-state index in [9.17, 15) is 13.6 Å². The van der Waals surface area contributed by atoms with Crippen molar-refractivity contribution in [2.24, 2.45) is 5.92 Å². The first-order valence-electron chi connectivity index (χ1n) is 7.06. The molecule has 1 aromatic carbocycles. The number of ether oxygens (including phenoxy) is 1. The summed E-state index contributed by atoms with van der Waals surface area (Å²) < 4.78 is 28.4. The smallest absolute Gasteiger partial charge is 0.387 e. The minimum atomic E-state index is -2.83. The third-order valence-electron chi connectivity index (χ3n) is 3.60. The van der Waals surface area contributed by atoms with Crippen molar-refractivity contribution in [3.05, 3.63) is 42.0 Å². The summed E-state index contributed by atoms with van der Waals surface area (Å²) in [6, 6.07) is 6.16. The minimum Gasteiger partial charge on any atom is -0.435 e. The molecular formula is C16H19F2NO2. The molecule has 0 saturated heterocycles. The van der Waals surface area contributed by atoms with E-state index in [0.29, 0.717) is 0 Å². The number of carbonyl (C=O) groups is 1. The number of halogens is 2. The second-order valence-electron chi connectivity index (χ2n) is 5.16. The molecule has 1 aromatic rings. The van der Waals surface area contributed by atoms with E-state index in [1.807, 2.05) is 13.0 Å². The molecule has 0 spiro atoms. The van der Waals surface area contributed by atoms with Crippen LogP contribution in [0, 0.1) is 5.92 Å². The summed E-state index contributed by atoms with van der Waals surface area (Å²) >= 11 is 0. The van der Waals surface area contributed by atoms with Crippen molar-refractivity contribution in [2.75, 3.05) is 0 Å². The zero-order chi connectivity index (χ0) is 15.2. The Morgan fingerprint density at radius 2 is 2.00 bits per heavy atom. The van der Waals surface area contributed by atoms with Gasteiger partial charge in [0.2, 0.25) is 5.91 Å². The molecule has 2 atom stereocenters. The van der Waals surface area contributed by atoms with Gasteiger partial charge in [0.05, 0.1) is 6.04 Å². The minimum absolute atomic E-state index is 0.0268. The highest BCUT2D eigenvalue weighted by Crippen LogP contribution is 2.22. The molecule has 2 rings (SSSR count). The van der Waals surface area contributed by atoms with Crippen LogP contribution >= 0.6 is 0 Å². The molecule has 21 heavy (non-hydrogen) atoms. The van der Waals surface area contributed by atoms with E-state index in [2.05, 4.69) is 16.1 Å². The van der Waals surface area contributed by atoms with Crippen LogP contribution in [0.25, 0.3) is 0 Å². The summed E-state index contributed by atoms with van der Waals surface area (Å²) in [5.41, 5.74) is 0.858. The Hall–Kier alpha value is -1.91. The fourth-order valence-electron chi connectivity index (χ4n) is 2.38. The van der Waals surface area contributed by atoms with Crippen molar-refractivity contribution in [1.82, 2.24) is 5.32 Å². The fourth-order valence-corrected chi connectivity index (χ4v) is 2.38. The largest absolute Gasteiger partial charge is 0.435 e. The number of hydrogen-bond donors (Lipinski definition) is 1. The van der Waals surface area contributed by atoms with Crippen LogP contribution in [0.4, 0.5) is 8.78 Å². The Bertz CT molecular complexity index is 500. The van der Waals surface area contributed by atoms with Gasteiger partial charge in [-0.15, -0.1) is 0 Å². The van der Waals surface area contributed by atoms with Gasteiger partial charge in [-0.05, 0) is 43.9 Å². The molecule has 0 fully saturated rings. The van der Waals surface area contributed by atoms with Gasteiger partial charge in [-0.25, -0.2) is 0 Å². The molecule has 1 aliphatic carbocycles. The molecule has 114 valence electrons. The zero-order valence-electron chi connectivity index (χ0n) is 11.9. The lowest BCUT2D eigenvalue weighted by atomic mass is 9.93. The first-order chi connectivity index (χ1) is 10.1. The molecule has 1 N–H and O–H groups in total. The highest BCUT2D eigenvalue weighted by Gasteiger charge is 2.20. The molecule has 0 radical (unpaired) electrons. The van der Waals surface area contributed by atoms with Gasteiger partial charge < -0.3 is 10.1 Å². The van der Waals surface area contributed by atoms with Crippen LogP contribution in [0.2, 0.25) is 0 Å². The number of benzene rings is 1. The summed E-state index contributed by atoms with van der Waals surface area (Å²) in [6.45, 7) is -0.952. The Morgan fingerprint density at radius 1 is 1.29 bits per heavy atom. The van der Waals surface area contributed by atoms with Crippen molar-refractivity contribution in [1.29, 1.82) is 0 Å². The van der Waals surface area contributed by atoms with Crippen molar-refractivity contribution >= 4 is 5.91 Å². The molecular weight excluding hydrogens is 276 g/mol. The lowest BCUT2D eigenvalue weighted by Crippen LogP contribution is -2.33. The number of nitrogens with one attached hydrogen (secondary N) is 1. The van der Waals surface area contributed by atoms with Gasteiger partial charge >= 0.3 is 6.61 Å². The Kier molecular flexibility index (Phi) is 5.31. The number of amides is 1. The predicted octanol–water partition coefficient (Wildman–Crippen LogP) is 3.82. The van der Waals surface area contributed by atoms with Crippen LogP contribution in [0.15, 0.2) is 36.4 Å². The molecule has 0 aliphatic heterocycles. The highest BCUT2D eigenvalue weighted by molar-refractivity contribution is 5.79. The number of hydrogen-bond acceptors (Lipinski definition) is 2. The van der Waals surface area contributed by atoms with Crippen molar-refractivity contribution in [3.8, 4) is 5.75 Å². The summed E-state index contributed by atoms with van der Waals surface area (Å²) in [5, 5.41) is 2.96. The van der Waals surface area contributed by atoms with E-state index in [4.69, 9.17) is 0 Å². The topological polar surface area (TPSA) is 38.3 Å². The maximum atomic E-state index is 12.1. The Morgan fingerprint density at radius 3 is 2.57 bits per heavy atom. The van der Waals surface area contributed by atoms with Crippen LogP contribution in [-0.2, 0) is 4.79 Å². The SMILES string of the molecule is CC(NC(=O)C1CC=CCC1)c1ccc(OC(F)F)cc1. The van der Waals surface area contributed by atoms with Crippen molar-refractivity contribution < 1.29 is 18.3 Å². The second kappa shape index (κ2) is 7.20. The standard InChI is InChI=1S/C16H19F2NO2/c1-11(19-15(20)13-5-3-2-4-6-13)12-7-9-14(10-8-12)21-16(17)18/h2-3,7-11,13,16H,4-6H2,1H3,(H,19,20). The second-order valence-corrected chi connectivity index (χ2v) is 5.16. The van der Waals surface area contributed by atoms with Gasteiger partial charge in [-0.2, -0.15) is 8.78 Å². The maximum absolute atomic E-state index is 12.1. The summed E-state index contributed by atoms with van der Waals surface area (Å²) in [4.78, 5) is 12.1. The van der Waals surface area contributed by atoms with Crippen molar-refractivity contribution in [3.63, 3.8) is 0 Å². The summed E-state index contributed by atoms with van der Waals surface area (Å²) in [6.07, 6.45) is 6.71. The average Bonchev–Trinajstić information content (AvgIpc) is 2.48. The van der Waals surface area contributed by atoms with Crippen LogP contribution in [0.5, 0.6) is 5.75 Å². The monoisotopic (exact) mass is 295 g/mol. The van der Waals surface area contributed by atoms with Gasteiger partial charge in [0.1, 0.15) is 5.75 Å². The van der Waals surface area contributed by atoms with Gasteiger partial charge in [-0.3, -0.25) is 4.79 Å². The average molecular weight is 295 g/mol. The quantitative estimate of drug-likeness (QED) is 0.839. The fraction of sp³-hybridized carbons (Fsp3) is 0.438. The number of allylic oxidation sites excluding steroid dienone is 2. The number of rotatable bonds is 5. The zero-order valence-corrected chi connectivity index (χ0v) is 11.9. The molecule has 1 amide bonds. The lowest BCUT2D eigenvalue weighted by molar-refractivity contribution is -0.125. The van der Waals surface area contributed by atoms with Crippen LogP contribution in [0.1, 0.15) is 37.8 Å². The van der Waals surface area contributed by atoms with Gasteiger partial charge in [-0.1, -0.05) is 24.3 Å². The van der Waals surface area contributed by atoms with E-state index in [1.165, 1.54) is 12.1 Å². The highest BCUT2D eigenvalue weighted by atomic mass is 19.3. The predicted molar refractivity (Wildman–Crippen MR) is 76.1 cm³/mol. The van der Waals surface area contributed by atoms with Crippen LogP contribution < -0.4 is 10.1 Å². The molecule has 0 saturated carbocycles. The molecule has 2 unspecified atom stereocenters. The molecule has 0 bridgehead atoms. The molecule has 0 aromatic heterocycles. The molecule has 1 aliphatic rings. The first-order valence-corrected chi connectivity index (χ1v) is 7.06. The van der Waals surface area contributed by atoms with Crippen molar-refractivity contribution in [2.45, 2.75) is 38.8 Å². The normalized spacial score (nSPS) is 19.3. The Labute approximate surface area is 123 Å². The Balaban J connectivity index is 1.91. The van der Waals surface area contributed by atoms with E-state index in [-0.39, 0.29) is 23.6 Å². The summed E-state index contributed by atoms with van der Waals surface area (Å²) in [5.74, 6) is 0.184. The van der Waals surface area contributed by atoms with E-state index in [0.717, 1.165) is 24.8 Å². The van der Waals surface area contributed by atoms with Gasteiger partial charge in [0.25, 0.3) is 0 Å². The maximum Gasteiger partial charge on any atom is 0.387 e. The molecule has 3 nitrogen and oxygen atoms in total. The molecule has 0 heterocycles. The third-order valence-corrected chi connectivity index (χ3v) is 3.60. The van der Waals surface area contributed by atoms with Crippen LogP contribution in [0.3, 0.4) is 0 Å². The van der Waals surface area contributed by atoms with E-state index >= 15 is 0 Å². The molecule has 5 heteroatoms. The summed E-state index contributed by atoms with van der Waals surface area (Å²) in [7, 11) is 0. The van der Waals surface area contributed by atoms with E-state index < -0.39 is 6.61 Å². The van der Waals surface area contributed by atoms with E-state index in [1.54, 1.807) is 12.1 Å². The van der Waals surface area contributed by atoms with Gasteiger partial charge in [0.15, 0.2) is 0 Å². The third kappa shape index (κ3) is 4.55. The number of carbonyl (C=O) groups excluding carboxylic acids is 1. The number of alkyl halides is 2. The first kappa shape index (κ1) is 15.5.